The zero-order chi connectivity index (χ0) is 22.0. The van der Waals surface area contributed by atoms with Crippen molar-refractivity contribution >= 4 is 12.1 Å². The summed E-state index contributed by atoms with van der Waals surface area (Å²) in [7, 11) is 2.21. The first kappa shape index (κ1) is 21.4. The molecule has 1 aliphatic carbocycles. The first-order chi connectivity index (χ1) is 15.0. The van der Waals surface area contributed by atoms with Crippen molar-refractivity contribution in [3.8, 4) is 5.75 Å². The third-order valence-corrected chi connectivity index (χ3v) is 6.95. The molecular weight excluding hydrogens is 392 g/mol. The first-order valence-corrected chi connectivity index (χ1v) is 11.0. The molecule has 0 radical (unpaired) electrons. The number of benzene rings is 2. The van der Waals surface area contributed by atoms with E-state index in [1.54, 1.807) is 6.92 Å². The summed E-state index contributed by atoms with van der Waals surface area (Å²) in [5.74, 6) is 0.424. The van der Waals surface area contributed by atoms with Gasteiger partial charge in [-0.3, -0.25) is 4.79 Å². The predicted molar refractivity (Wildman–Crippen MR) is 118 cm³/mol. The molecule has 31 heavy (non-hydrogen) atoms. The Morgan fingerprint density at radius 2 is 1.97 bits per heavy atom. The van der Waals surface area contributed by atoms with Crippen LogP contribution in [0.3, 0.4) is 0 Å². The van der Waals surface area contributed by atoms with Gasteiger partial charge in [0.05, 0.1) is 6.61 Å². The van der Waals surface area contributed by atoms with Gasteiger partial charge in [-0.2, -0.15) is 0 Å². The molecule has 1 amide bonds. The number of esters is 1. The van der Waals surface area contributed by atoms with Gasteiger partial charge < -0.3 is 19.7 Å². The van der Waals surface area contributed by atoms with Crippen LogP contribution < -0.4 is 10.1 Å². The molecule has 164 valence electrons. The summed E-state index contributed by atoms with van der Waals surface area (Å²) in [4.78, 5) is 26.2. The van der Waals surface area contributed by atoms with Gasteiger partial charge in [0.1, 0.15) is 12.3 Å². The maximum Gasteiger partial charge on any atom is 0.413 e. The van der Waals surface area contributed by atoms with Crippen molar-refractivity contribution in [1.82, 2.24) is 10.2 Å². The molecule has 2 bridgehead atoms. The van der Waals surface area contributed by atoms with Gasteiger partial charge in [0, 0.05) is 11.5 Å². The van der Waals surface area contributed by atoms with Crippen LogP contribution in [-0.2, 0) is 21.4 Å². The number of amides is 1. The Labute approximate surface area is 183 Å². The second kappa shape index (κ2) is 8.71. The summed E-state index contributed by atoms with van der Waals surface area (Å²) in [5, 5.41) is 2.45. The summed E-state index contributed by atoms with van der Waals surface area (Å²) in [6.07, 6.45) is 1.33. The third-order valence-electron chi connectivity index (χ3n) is 6.95. The number of fused-ring (bicyclic) bond motifs is 4. The fraction of sp³-hybridized carbons (Fsp3) is 0.440. The summed E-state index contributed by atoms with van der Waals surface area (Å²) >= 11 is 0. The van der Waals surface area contributed by atoms with Crippen LogP contribution >= 0.6 is 0 Å². The van der Waals surface area contributed by atoms with Gasteiger partial charge in [0.25, 0.3) is 0 Å². The molecule has 0 aromatic heterocycles. The highest BCUT2D eigenvalue weighted by Gasteiger charge is 2.51. The number of ether oxygens (including phenoxy) is 2. The molecule has 2 aromatic rings. The predicted octanol–water partition coefficient (Wildman–Crippen LogP) is 3.52. The lowest BCUT2D eigenvalue weighted by molar-refractivity contribution is -0.141. The van der Waals surface area contributed by atoms with E-state index in [2.05, 4.69) is 54.5 Å². The zero-order valence-electron chi connectivity index (χ0n) is 18.4. The molecule has 1 heterocycles. The smallest absolute Gasteiger partial charge is 0.413 e. The highest BCUT2D eigenvalue weighted by atomic mass is 16.6. The normalized spacial score (nSPS) is 24.7. The Morgan fingerprint density at radius 3 is 2.71 bits per heavy atom. The molecule has 1 aliphatic heterocycles. The highest BCUT2D eigenvalue weighted by molar-refractivity contribution is 5.79. The third kappa shape index (κ3) is 3.92. The number of likely N-dealkylation sites (N-methyl/N-ethyl adjacent to an activating group) is 1. The van der Waals surface area contributed by atoms with Crippen LogP contribution in [0.4, 0.5) is 4.79 Å². The lowest BCUT2D eigenvalue weighted by Gasteiger charge is -2.55. The van der Waals surface area contributed by atoms with Crippen LogP contribution in [0.2, 0.25) is 0 Å². The number of piperidine rings is 1. The first-order valence-electron chi connectivity index (χ1n) is 11.0. The van der Waals surface area contributed by atoms with E-state index in [9.17, 15) is 9.59 Å². The monoisotopic (exact) mass is 422 g/mol. The Balaban J connectivity index is 1.65. The molecule has 6 heteroatoms. The van der Waals surface area contributed by atoms with Gasteiger partial charge in [-0.25, -0.2) is 4.79 Å². The lowest BCUT2D eigenvalue weighted by atomic mass is 9.55. The van der Waals surface area contributed by atoms with Gasteiger partial charge in [-0.1, -0.05) is 43.3 Å². The molecule has 0 spiro atoms. The quantitative estimate of drug-likeness (QED) is 0.747. The Morgan fingerprint density at radius 1 is 1.19 bits per heavy atom. The summed E-state index contributed by atoms with van der Waals surface area (Å²) in [6, 6.07) is 17.1. The van der Waals surface area contributed by atoms with Crippen molar-refractivity contribution in [3.05, 3.63) is 65.2 Å². The van der Waals surface area contributed by atoms with E-state index in [0.717, 1.165) is 19.4 Å². The maximum absolute atomic E-state index is 12.2. The number of carbonyl (C=O) groups excluding carboxylic acids is 2. The Bertz CT molecular complexity index is 961. The second-order valence-corrected chi connectivity index (χ2v) is 8.50. The van der Waals surface area contributed by atoms with Gasteiger partial charge in [-0.05, 0) is 68.1 Å². The maximum atomic E-state index is 12.2. The largest absolute Gasteiger partial charge is 0.465 e. The van der Waals surface area contributed by atoms with Gasteiger partial charge >= 0.3 is 12.1 Å². The molecule has 1 fully saturated rings. The fourth-order valence-corrected chi connectivity index (χ4v) is 5.40. The van der Waals surface area contributed by atoms with Gasteiger partial charge in [-0.15, -0.1) is 0 Å². The number of likely N-dealkylation sites (tertiary alicyclic amines) is 1. The van der Waals surface area contributed by atoms with Crippen molar-refractivity contribution < 1.29 is 19.1 Å². The van der Waals surface area contributed by atoms with Crippen molar-refractivity contribution in [2.24, 2.45) is 5.92 Å². The minimum atomic E-state index is -0.660. The van der Waals surface area contributed by atoms with E-state index in [1.807, 2.05) is 18.2 Å². The van der Waals surface area contributed by atoms with Crippen molar-refractivity contribution in [1.29, 1.82) is 0 Å². The van der Waals surface area contributed by atoms with E-state index >= 15 is 0 Å². The standard InChI is InChI=1S/C25H30N2O4/c1-4-30-23(28)16-26-24(29)31-20-11-10-18-14-22-17(2)25(21(18)15-20,12-13-27(22)3)19-8-6-5-7-9-19/h5-11,15,17,22H,4,12-14,16H2,1-3H3,(H,26,29)/t17-,22?,25?/m1/s1. The minimum Gasteiger partial charge on any atom is -0.465 e. The SMILES string of the molecule is CCOC(=O)CNC(=O)Oc1ccc2c(c1)C1(c3ccccc3)CCN(C)C(C2)[C@H]1C. The lowest BCUT2D eigenvalue weighted by Crippen LogP contribution is -2.58. The average molecular weight is 423 g/mol. The van der Waals surface area contributed by atoms with E-state index in [0.29, 0.717) is 17.7 Å². The molecule has 1 saturated heterocycles. The summed E-state index contributed by atoms with van der Waals surface area (Å²) in [5.41, 5.74) is 3.74. The van der Waals surface area contributed by atoms with Crippen LogP contribution in [0.25, 0.3) is 0 Å². The Hall–Kier alpha value is -2.86. The molecule has 2 aromatic carbocycles. The molecule has 0 saturated carbocycles. The second-order valence-electron chi connectivity index (χ2n) is 8.50. The average Bonchev–Trinajstić information content (AvgIpc) is 2.77. The van der Waals surface area contributed by atoms with Crippen LogP contribution in [0.15, 0.2) is 48.5 Å². The summed E-state index contributed by atoms with van der Waals surface area (Å²) in [6.45, 7) is 5.15. The number of hydrogen-bond acceptors (Lipinski definition) is 5. The van der Waals surface area contributed by atoms with E-state index in [1.165, 1.54) is 16.7 Å². The minimum absolute atomic E-state index is 0.118. The number of rotatable bonds is 5. The number of carbonyl (C=O) groups is 2. The molecule has 1 N–H and O–H groups in total. The summed E-state index contributed by atoms with van der Waals surface area (Å²) < 4.78 is 10.3. The number of nitrogens with one attached hydrogen (secondary N) is 1. The fourth-order valence-electron chi connectivity index (χ4n) is 5.40. The van der Waals surface area contributed by atoms with Crippen LogP contribution in [0.5, 0.6) is 5.75 Å². The highest BCUT2D eigenvalue weighted by Crippen LogP contribution is 2.53. The molecule has 6 nitrogen and oxygen atoms in total. The Kier molecular flexibility index (Phi) is 6.01. The van der Waals surface area contributed by atoms with E-state index < -0.39 is 12.1 Å². The number of hydrogen-bond donors (Lipinski definition) is 1. The number of nitrogens with zero attached hydrogens (tertiary/aromatic N) is 1. The molecule has 2 unspecified atom stereocenters. The van der Waals surface area contributed by atoms with Crippen molar-refractivity contribution in [2.45, 2.75) is 38.1 Å². The van der Waals surface area contributed by atoms with Gasteiger partial charge in [0.2, 0.25) is 0 Å². The molecule has 3 atom stereocenters. The van der Waals surface area contributed by atoms with Gasteiger partial charge in [0.15, 0.2) is 0 Å². The van der Waals surface area contributed by atoms with Crippen LogP contribution in [0, 0.1) is 5.92 Å². The molecule has 2 aliphatic rings. The van der Waals surface area contributed by atoms with Crippen LogP contribution in [-0.4, -0.2) is 49.7 Å². The molecular formula is C25H30N2O4. The van der Waals surface area contributed by atoms with Crippen molar-refractivity contribution in [3.63, 3.8) is 0 Å². The van der Waals surface area contributed by atoms with E-state index in [4.69, 9.17) is 9.47 Å². The topological polar surface area (TPSA) is 67.9 Å². The molecule has 4 rings (SSSR count). The van der Waals surface area contributed by atoms with Crippen LogP contribution in [0.1, 0.15) is 37.0 Å². The zero-order valence-corrected chi connectivity index (χ0v) is 18.4. The van der Waals surface area contributed by atoms with Crippen molar-refractivity contribution in [2.75, 3.05) is 26.7 Å². The van der Waals surface area contributed by atoms with E-state index in [-0.39, 0.29) is 18.6 Å².